The lowest BCUT2D eigenvalue weighted by molar-refractivity contribution is -0.134. The molecule has 1 N–H and O–H groups in total. The van der Waals surface area contributed by atoms with Gasteiger partial charge >= 0.3 is 11.2 Å². The molecule has 6 aromatic rings. The predicted molar refractivity (Wildman–Crippen MR) is 194 cm³/mol. The van der Waals surface area contributed by atoms with Gasteiger partial charge < -0.3 is 5.11 Å². The zero-order chi connectivity index (χ0) is 31.5. The molecule has 0 aromatic heterocycles. The molecule has 0 amide bonds. The molecule has 6 rings (SSSR count). The minimum atomic E-state index is -2.85. The Morgan fingerprint density at radius 3 is 0.689 bits per heavy atom. The zero-order valence-corrected chi connectivity index (χ0v) is 27.1. The van der Waals surface area contributed by atoms with Crippen molar-refractivity contribution in [1.82, 2.24) is 0 Å². The molecule has 0 bridgehead atoms. The summed E-state index contributed by atoms with van der Waals surface area (Å²) in [5.41, 5.74) is 0. The van der Waals surface area contributed by atoms with Gasteiger partial charge in [-0.3, -0.25) is 4.79 Å². The van der Waals surface area contributed by atoms with Crippen molar-refractivity contribution in [3.8, 4) is 0 Å². The Morgan fingerprint density at radius 1 is 0.400 bits per heavy atom. The molecule has 0 unspecified atom stereocenters. The lowest BCUT2D eigenvalue weighted by Gasteiger charge is -2.31. The minimum Gasteiger partial charge on any atom is -0.480 e. The minimum absolute atomic E-state index is 0.298. The van der Waals surface area contributed by atoms with Gasteiger partial charge in [-0.25, -0.2) is 4.79 Å². The fourth-order valence-electron chi connectivity index (χ4n) is 5.69. The summed E-state index contributed by atoms with van der Waals surface area (Å²) in [6.07, 6.45) is 0. The second kappa shape index (κ2) is 15.1. The summed E-state index contributed by atoms with van der Waals surface area (Å²) >= 11 is 4.74. The summed E-state index contributed by atoms with van der Waals surface area (Å²) < 4.78 is 0. The highest BCUT2D eigenvalue weighted by Crippen LogP contribution is 2.73. The summed E-state index contributed by atoms with van der Waals surface area (Å²) in [6.45, 7) is 0. The van der Waals surface area contributed by atoms with Gasteiger partial charge in [-0.05, 0) is 72.8 Å². The van der Waals surface area contributed by atoms with E-state index < -0.39 is 20.5 Å². The van der Waals surface area contributed by atoms with Gasteiger partial charge in [0.25, 0.3) is 0 Å². The van der Waals surface area contributed by atoms with Gasteiger partial charge in [-0.2, -0.15) is 0 Å². The highest BCUT2D eigenvalue weighted by atomic mass is 35.5. The summed E-state index contributed by atoms with van der Waals surface area (Å²) in [5.74, 6) is -1.29. The first kappa shape index (κ1) is 32.0. The maximum atomic E-state index is 16.4. The number of carboxylic acid groups (broad SMARTS) is 1. The van der Waals surface area contributed by atoms with Crippen LogP contribution in [0.1, 0.15) is 0 Å². The average molecular weight is 647 g/mol. The van der Waals surface area contributed by atoms with E-state index in [2.05, 4.69) is 146 Å². The van der Waals surface area contributed by atoms with Crippen LogP contribution in [0.15, 0.2) is 182 Å². The molecule has 6 aromatic carbocycles. The Hall–Kier alpha value is -4.39. The van der Waals surface area contributed by atoms with Gasteiger partial charge in [-0.15, -0.1) is 11.6 Å². The van der Waals surface area contributed by atoms with Gasteiger partial charge in [0.1, 0.15) is 37.7 Å². The third kappa shape index (κ3) is 6.39. The van der Waals surface area contributed by atoms with Crippen LogP contribution in [0.3, 0.4) is 0 Å². The van der Waals surface area contributed by atoms with Gasteiger partial charge in [-0.1, -0.05) is 109 Å². The second-order valence-electron chi connectivity index (χ2n) is 10.2. The van der Waals surface area contributed by atoms with E-state index in [1.54, 1.807) is 0 Å². The van der Waals surface area contributed by atoms with E-state index in [0.29, 0.717) is 5.27 Å². The van der Waals surface area contributed by atoms with Gasteiger partial charge in [0.2, 0.25) is 14.5 Å². The Balaban J connectivity index is 0.000000743. The number of alkyl halides is 1. The molecule has 0 radical (unpaired) electrons. The number of rotatable bonds is 9. The Kier molecular flexibility index (Phi) is 10.7. The van der Waals surface area contributed by atoms with Crippen LogP contribution in [0, 0.1) is 0 Å². The molecular weight excluding hydrogens is 614 g/mol. The zero-order valence-electron chi connectivity index (χ0n) is 24.6. The number of hydrogen-bond donors (Lipinski definition) is 1. The van der Waals surface area contributed by atoms with Crippen molar-refractivity contribution in [1.29, 1.82) is 0 Å². The largest absolute Gasteiger partial charge is 0.480 e. The summed E-state index contributed by atoms with van der Waals surface area (Å²) in [7, 11) is -5.70. The van der Waals surface area contributed by atoms with Crippen LogP contribution in [-0.2, 0) is 4.79 Å². The molecule has 0 fully saturated rings. The SMILES string of the molecule is O=C(O)CCl.O=C([P+](c1ccccc1)(c1ccccc1)c1ccccc1)[P+](c1ccccc1)(c1ccccc1)c1ccccc1. The lowest BCUT2D eigenvalue weighted by Crippen LogP contribution is -2.44. The van der Waals surface area contributed by atoms with Crippen molar-refractivity contribution in [2.24, 2.45) is 0 Å². The first-order valence-corrected chi connectivity index (χ1v) is 18.6. The molecule has 0 saturated carbocycles. The average Bonchev–Trinajstić information content (AvgIpc) is 3.12. The molecular formula is C39H33ClO3P2+2. The maximum absolute atomic E-state index is 16.4. The third-order valence-electron chi connectivity index (χ3n) is 7.55. The lowest BCUT2D eigenvalue weighted by atomic mass is 10.4. The topological polar surface area (TPSA) is 54.4 Å². The van der Waals surface area contributed by atoms with Crippen LogP contribution in [-0.4, -0.2) is 22.2 Å². The van der Waals surface area contributed by atoms with E-state index >= 15 is 4.79 Å². The third-order valence-corrected chi connectivity index (χ3v) is 17.2. The molecule has 0 aliphatic heterocycles. The van der Waals surface area contributed by atoms with E-state index in [-0.39, 0.29) is 5.88 Å². The molecule has 0 saturated heterocycles. The molecule has 0 atom stereocenters. The highest BCUT2D eigenvalue weighted by Gasteiger charge is 2.69. The van der Waals surface area contributed by atoms with Crippen LogP contribution in [0.25, 0.3) is 0 Å². The Bertz CT molecular complexity index is 1480. The fourth-order valence-corrected chi connectivity index (χ4v) is 16.4. The molecule has 0 heterocycles. The number of carbonyl (C=O) groups excluding carboxylic acids is 1. The number of hydrogen-bond acceptors (Lipinski definition) is 2. The van der Waals surface area contributed by atoms with Crippen molar-refractivity contribution >= 4 is 69.2 Å². The van der Waals surface area contributed by atoms with Crippen LogP contribution >= 0.6 is 26.1 Å². The summed E-state index contributed by atoms with van der Waals surface area (Å²) in [5, 5.41) is 14.3. The first-order chi connectivity index (χ1) is 22.1. The summed E-state index contributed by atoms with van der Waals surface area (Å²) in [4.78, 5) is 25.6. The standard InChI is InChI=1S/C37H30OP2.C2H3ClO2/c38-37(39(31-19-7-1-8-20-31,32-21-9-2-10-22-32)33-23-11-3-12-24-33)40(34-25-13-4-14-26-34,35-27-15-5-16-28-35)36-29-17-6-18-30-36;3-1-2(4)5/h1-30H;1H2,(H,4,5)/q+2;. The monoisotopic (exact) mass is 646 g/mol. The first-order valence-electron chi connectivity index (χ1n) is 14.5. The highest BCUT2D eigenvalue weighted by molar-refractivity contribution is 8.30. The van der Waals surface area contributed by atoms with Crippen LogP contribution in [0.5, 0.6) is 0 Å². The van der Waals surface area contributed by atoms with Crippen molar-refractivity contribution in [3.05, 3.63) is 182 Å². The van der Waals surface area contributed by atoms with Crippen molar-refractivity contribution in [2.75, 3.05) is 5.88 Å². The van der Waals surface area contributed by atoms with Crippen LogP contribution in [0.4, 0.5) is 4.79 Å². The molecule has 45 heavy (non-hydrogen) atoms. The number of halogens is 1. The second-order valence-corrected chi connectivity index (χ2v) is 17.4. The Morgan fingerprint density at radius 2 is 0.556 bits per heavy atom. The molecule has 222 valence electrons. The fraction of sp³-hybridized carbons (Fsp3) is 0.0256. The van der Waals surface area contributed by atoms with E-state index in [1.165, 1.54) is 0 Å². The summed E-state index contributed by atoms with van der Waals surface area (Å²) in [6, 6.07) is 62.9. The molecule has 0 aliphatic rings. The van der Waals surface area contributed by atoms with Crippen LogP contribution < -0.4 is 31.8 Å². The number of benzene rings is 6. The quantitative estimate of drug-likeness (QED) is 0.132. The van der Waals surface area contributed by atoms with Crippen molar-refractivity contribution in [2.45, 2.75) is 0 Å². The molecule has 0 aliphatic carbocycles. The molecule has 0 spiro atoms. The van der Waals surface area contributed by atoms with Gasteiger partial charge in [0, 0.05) is 0 Å². The molecule has 3 nitrogen and oxygen atoms in total. The van der Waals surface area contributed by atoms with E-state index in [0.717, 1.165) is 31.8 Å². The number of carboxylic acids is 1. The van der Waals surface area contributed by atoms with E-state index in [1.807, 2.05) is 36.4 Å². The molecule has 6 heteroatoms. The van der Waals surface area contributed by atoms with Crippen LogP contribution in [0.2, 0.25) is 0 Å². The number of carbonyl (C=O) groups is 2. The normalized spacial score (nSPS) is 11.1. The Labute approximate surface area is 270 Å². The van der Waals surface area contributed by atoms with Crippen molar-refractivity contribution < 1.29 is 14.7 Å². The predicted octanol–water partition coefficient (Wildman–Crippen LogP) is 7.40. The maximum Gasteiger partial charge on any atom is 0.426 e. The van der Waals surface area contributed by atoms with E-state index in [4.69, 9.17) is 16.7 Å². The van der Waals surface area contributed by atoms with Crippen molar-refractivity contribution in [3.63, 3.8) is 0 Å². The van der Waals surface area contributed by atoms with Gasteiger partial charge in [0.15, 0.2) is 0 Å². The number of aliphatic carboxylic acids is 1. The van der Waals surface area contributed by atoms with E-state index in [9.17, 15) is 4.79 Å². The van der Waals surface area contributed by atoms with Gasteiger partial charge in [0.05, 0.1) is 0 Å². The smallest absolute Gasteiger partial charge is 0.426 e.